The van der Waals surface area contributed by atoms with E-state index in [1.54, 1.807) is 23.5 Å². The molecule has 1 atom stereocenters. The quantitative estimate of drug-likeness (QED) is 0.875. The first-order chi connectivity index (χ1) is 10.2. The maximum absolute atomic E-state index is 12.2. The van der Waals surface area contributed by atoms with Gasteiger partial charge in [-0.15, -0.1) is 0 Å². The molecule has 0 aromatic carbocycles. The number of carbonyl (C=O) groups excluding carboxylic acids is 1. The first-order valence-electron chi connectivity index (χ1n) is 7.69. The molecule has 0 aliphatic carbocycles. The Hall–Kier alpha value is -1.69. The summed E-state index contributed by atoms with van der Waals surface area (Å²) in [6, 6.07) is 0.171. The van der Waals surface area contributed by atoms with Crippen molar-refractivity contribution in [2.45, 2.75) is 59.2 Å². The summed E-state index contributed by atoms with van der Waals surface area (Å²) in [4.78, 5) is 22.2. The lowest BCUT2D eigenvalue weighted by Crippen LogP contribution is -2.44. The second-order valence-electron chi connectivity index (χ2n) is 6.57. The highest BCUT2D eigenvalue weighted by molar-refractivity contribution is 5.68. The van der Waals surface area contributed by atoms with Gasteiger partial charge in [0.15, 0.2) is 0 Å². The van der Waals surface area contributed by atoms with Gasteiger partial charge in [0.1, 0.15) is 5.60 Å². The van der Waals surface area contributed by atoms with E-state index in [4.69, 9.17) is 4.74 Å². The van der Waals surface area contributed by atoms with Crippen molar-refractivity contribution in [3.05, 3.63) is 24.3 Å². The van der Waals surface area contributed by atoms with Crippen LogP contribution in [0.15, 0.2) is 18.6 Å². The number of hydrogen-bond acceptors (Lipinski definition) is 5. The largest absolute Gasteiger partial charge is 0.444 e. The Kier molecular flexibility index (Phi) is 6.74. The number of nitrogens with zero attached hydrogens (tertiary/aromatic N) is 3. The normalized spacial score (nSPS) is 13.0. The van der Waals surface area contributed by atoms with Crippen molar-refractivity contribution in [1.82, 2.24) is 20.2 Å². The molecule has 0 spiro atoms. The van der Waals surface area contributed by atoms with Crippen LogP contribution in [0.4, 0.5) is 4.79 Å². The first kappa shape index (κ1) is 18.4. The van der Waals surface area contributed by atoms with Crippen molar-refractivity contribution in [2.24, 2.45) is 0 Å². The third kappa shape index (κ3) is 6.39. The maximum atomic E-state index is 12.2. The lowest BCUT2D eigenvalue weighted by atomic mass is 10.2. The monoisotopic (exact) mass is 308 g/mol. The Labute approximate surface area is 133 Å². The second-order valence-corrected chi connectivity index (χ2v) is 6.57. The summed E-state index contributed by atoms with van der Waals surface area (Å²) in [6.45, 7) is 12.9. The van der Waals surface area contributed by atoms with E-state index in [1.807, 2.05) is 41.5 Å². The minimum absolute atomic E-state index is 0.0846. The number of rotatable bonds is 6. The average Bonchev–Trinajstić information content (AvgIpc) is 2.41. The third-order valence-corrected chi connectivity index (χ3v) is 3.08. The molecule has 1 amide bonds. The summed E-state index contributed by atoms with van der Waals surface area (Å²) >= 11 is 0. The van der Waals surface area contributed by atoms with Crippen molar-refractivity contribution in [2.75, 3.05) is 13.1 Å². The molecule has 1 N–H and O–H groups in total. The summed E-state index contributed by atoms with van der Waals surface area (Å²) in [6.07, 6.45) is 4.79. The van der Waals surface area contributed by atoms with Crippen LogP contribution >= 0.6 is 0 Å². The van der Waals surface area contributed by atoms with Crippen LogP contribution in [0.25, 0.3) is 0 Å². The van der Waals surface area contributed by atoms with Crippen LogP contribution in [0.5, 0.6) is 0 Å². The van der Waals surface area contributed by atoms with Gasteiger partial charge in [0.05, 0.1) is 5.69 Å². The molecule has 22 heavy (non-hydrogen) atoms. The van der Waals surface area contributed by atoms with E-state index in [-0.39, 0.29) is 18.2 Å². The maximum Gasteiger partial charge on any atom is 0.410 e. The van der Waals surface area contributed by atoms with Gasteiger partial charge >= 0.3 is 6.09 Å². The molecule has 0 saturated heterocycles. The van der Waals surface area contributed by atoms with Crippen molar-refractivity contribution in [3.8, 4) is 0 Å². The lowest BCUT2D eigenvalue weighted by Gasteiger charge is -2.30. The van der Waals surface area contributed by atoms with Gasteiger partial charge in [-0.1, -0.05) is 0 Å². The number of hydrogen-bond donors (Lipinski definition) is 1. The van der Waals surface area contributed by atoms with E-state index in [0.717, 1.165) is 5.69 Å². The highest BCUT2D eigenvalue weighted by atomic mass is 16.6. The van der Waals surface area contributed by atoms with Crippen LogP contribution in [0, 0.1) is 0 Å². The molecule has 0 aliphatic rings. The second kappa shape index (κ2) is 8.08. The molecule has 6 nitrogen and oxygen atoms in total. The van der Waals surface area contributed by atoms with Crippen LogP contribution in [0.2, 0.25) is 0 Å². The number of carbonyl (C=O) groups is 1. The lowest BCUT2D eigenvalue weighted by molar-refractivity contribution is 0.0192. The fraction of sp³-hybridized carbons (Fsp3) is 0.688. The Morgan fingerprint density at radius 1 is 1.32 bits per heavy atom. The molecular weight excluding hydrogens is 280 g/mol. The van der Waals surface area contributed by atoms with E-state index in [2.05, 4.69) is 15.3 Å². The van der Waals surface area contributed by atoms with Gasteiger partial charge in [-0.25, -0.2) is 4.79 Å². The molecule has 1 aromatic heterocycles. The Morgan fingerprint density at radius 2 is 2.00 bits per heavy atom. The fourth-order valence-electron chi connectivity index (χ4n) is 1.92. The van der Waals surface area contributed by atoms with Crippen LogP contribution in [0.1, 0.15) is 53.3 Å². The molecule has 0 aliphatic heterocycles. The molecule has 1 rings (SSSR count). The zero-order chi connectivity index (χ0) is 16.8. The SMILES string of the molecule is CC(NCCN(C(=O)OC(C)(C)C)C(C)C)c1cnccn1. The van der Waals surface area contributed by atoms with Gasteiger partial charge in [-0.2, -0.15) is 0 Å². The van der Waals surface area contributed by atoms with Crippen molar-refractivity contribution in [3.63, 3.8) is 0 Å². The number of ether oxygens (including phenoxy) is 1. The van der Waals surface area contributed by atoms with Crippen LogP contribution in [0.3, 0.4) is 0 Å². The summed E-state index contributed by atoms with van der Waals surface area (Å²) < 4.78 is 5.44. The highest BCUT2D eigenvalue weighted by Gasteiger charge is 2.23. The molecule has 0 bridgehead atoms. The molecule has 1 heterocycles. The molecule has 1 aromatic rings. The standard InChI is InChI=1S/C16H28N4O2/c1-12(2)20(15(21)22-16(4,5)6)10-9-18-13(3)14-11-17-7-8-19-14/h7-8,11-13,18H,9-10H2,1-6H3. The highest BCUT2D eigenvalue weighted by Crippen LogP contribution is 2.12. The summed E-state index contributed by atoms with van der Waals surface area (Å²) in [5.74, 6) is 0. The number of aromatic nitrogens is 2. The predicted octanol–water partition coefficient (Wildman–Crippen LogP) is 2.77. The molecule has 0 fully saturated rings. The number of amides is 1. The molecule has 6 heteroatoms. The van der Waals surface area contributed by atoms with E-state index >= 15 is 0 Å². The minimum atomic E-state index is -0.482. The van der Waals surface area contributed by atoms with E-state index in [1.165, 1.54) is 0 Å². The van der Waals surface area contributed by atoms with E-state index in [0.29, 0.717) is 13.1 Å². The van der Waals surface area contributed by atoms with E-state index in [9.17, 15) is 4.79 Å². The molecule has 124 valence electrons. The molecule has 1 unspecified atom stereocenters. The average molecular weight is 308 g/mol. The Balaban J connectivity index is 2.50. The van der Waals surface area contributed by atoms with Crippen molar-refractivity contribution >= 4 is 6.09 Å². The molecular formula is C16H28N4O2. The number of nitrogens with one attached hydrogen (secondary N) is 1. The van der Waals surface area contributed by atoms with Crippen molar-refractivity contribution in [1.29, 1.82) is 0 Å². The van der Waals surface area contributed by atoms with Crippen LogP contribution in [-0.2, 0) is 4.74 Å². The van der Waals surface area contributed by atoms with Gasteiger partial charge in [0, 0.05) is 43.8 Å². The van der Waals surface area contributed by atoms with Crippen LogP contribution in [-0.4, -0.2) is 45.7 Å². The smallest absolute Gasteiger partial charge is 0.410 e. The van der Waals surface area contributed by atoms with Crippen LogP contribution < -0.4 is 5.32 Å². The first-order valence-corrected chi connectivity index (χ1v) is 7.69. The van der Waals surface area contributed by atoms with Gasteiger partial charge in [0.2, 0.25) is 0 Å². The van der Waals surface area contributed by atoms with E-state index < -0.39 is 5.60 Å². The van der Waals surface area contributed by atoms with Gasteiger partial charge in [-0.05, 0) is 41.5 Å². The summed E-state index contributed by atoms with van der Waals surface area (Å²) in [7, 11) is 0. The van der Waals surface area contributed by atoms with Gasteiger partial charge in [-0.3, -0.25) is 9.97 Å². The molecule has 0 radical (unpaired) electrons. The predicted molar refractivity (Wildman–Crippen MR) is 86.5 cm³/mol. The third-order valence-electron chi connectivity index (χ3n) is 3.08. The summed E-state index contributed by atoms with van der Waals surface area (Å²) in [5, 5.41) is 3.35. The Morgan fingerprint density at radius 3 is 2.50 bits per heavy atom. The van der Waals surface area contributed by atoms with Gasteiger partial charge in [0.25, 0.3) is 0 Å². The zero-order valence-corrected chi connectivity index (χ0v) is 14.5. The Bertz CT molecular complexity index is 457. The fourth-order valence-corrected chi connectivity index (χ4v) is 1.92. The minimum Gasteiger partial charge on any atom is -0.444 e. The molecule has 0 saturated carbocycles. The summed E-state index contributed by atoms with van der Waals surface area (Å²) in [5.41, 5.74) is 0.403. The topological polar surface area (TPSA) is 67.4 Å². The zero-order valence-electron chi connectivity index (χ0n) is 14.5. The van der Waals surface area contributed by atoms with Crippen molar-refractivity contribution < 1.29 is 9.53 Å². The van der Waals surface area contributed by atoms with Gasteiger partial charge < -0.3 is 15.0 Å².